The van der Waals surface area contributed by atoms with Crippen molar-refractivity contribution in [2.45, 2.75) is 20.3 Å². The molecule has 0 aliphatic carbocycles. The lowest BCUT2D eigenvalue weighted by Crippen LogP contribution is -2.17. The summed E-state index contributed by atoms with van der Waals surface area (Å²) in [6, 6.07) is 15.7. The molecule has 0 radical (unpaired) electrons. The molecule has 0 heterocycles. The molecule has 0 spiro atoms. The zero-order chi connectivity index (χ0) is 22.5. The van der Waals surface area contributed by atoms with Gasteiger partial charge in [-0.05, 0) is 73.0 Å². The Kier molecular flexibility index (Phi) is 6.45. The van der Waals surface area contributed by atoms with Gasteiger partial charge in [0.25, 0.3) is 0 Å². The van der Waals surface area contributed by atoms with Crippen LogP contribution in [0.15, 0.2) is 54.6 Å². The van der Waals surface area contributed by atoms with Crippen molar-refractivity contribution in [3.8, 4) is 28.4 Å². The summed E-state index contributed by atoms with van der Waals surface area (Å²) < 4.78 is 10.6. The summed E-state index contributed by atoms with van der Waals surface area (Å²) in [6.45, 7) is 3.72. The number of nitrogens with one attached hydrogen (secondary N) is 1. The lowest BCUT2D eigenvalue weighted by atomic mass is 10.0. The SMILES string of the molecule is COC(=O)CC(=O)Nc1cc(C)c(Oc2ccc(O)c(-c3cccc(N)c3)c2)c(C)c1. The molecule has 31 heavy (non-hydrogen) atoms. The fraction of sp³-hybridized carbons (Fsp3) is 0.167. The normalized spacial score (nSPS) is 10.4. The minimum atomic E-state index is -0.603. The minimum absolute atomic E-state index is 0.120. The summed E-state index contributed by atoms with van der Waals surface area (Å²) in [7, 11) is 1.23. The maximum Gasteiger partial charge on any atom is 0.315 e. The van der Waals surface area contributed by atoms with E-state index in [1.54, 1.807) is 42.5 Å². The molecule has 3 aromatic rings. The van der Waals surface area contributed by atoms with E-state index >= 15 is 0 Å². The van der Waals surface area contributed by atoms with E-state index in [2.05, 4.69) is 10.1 Å². The van der Waals surface area contributed by atoms with Crippen molar-refractivity contribution >= 4 is 23.3 Å². The highest BCUT2D eigenvalue weighted by Crippen LogP contribution is 2.37. The monoisotopic (exact) mass is 420 g/mol. The fourth-order valence-electron chi connectivity index (χ4n) is 3.23. The average molecular weight is 420 g/mol. The van der Waals surface area contributed by atoms with Gasteiger partial charge in [-0.25, -0.2) is 0 Å². The zero-order valence-corrected chi connectivity index (χ0v) is 17.6. The molecule has 0 aliphatic heterocycles. The molecule has 0 bridgehead atoms. The van der Waals surface area contributed by atoms with E-state index in [0.717, 1.165) is 16.7 Å². The van der Waals surface area contributed by atoms with Gasteiger partial charge in [-0.1, -0.05) is 12.1 Å². The summed E-state index contributed by atoms with van der Waals surface area (Å²) in [4.78, 5) is 23.2. The van der Waals surface area contributed by atoms with Gasteiger partial charge in [0.05, 0.1) is 7.11 Å². The standard InChI is InChI=1S/C24H24N2O5/c1-14-9-18(26-22(28)13-23(29)30-3)10-15(2)24(14)31-19-7-8-21(27)20(12-19)16-5-4-6-17(25)11-16/h4-12,27H,13,25H2,1-3H3,(H,26,28). The smallest absolute Gasteiger partial charge is 0.315 e. The number of aromatic hydroxyl groups is 1. The molecule has 0 aliphatic rings. The van der Waals surface area contributed by atoms with Crippen LogP contribution >= 0.6 is 0 Å². The Bertz CT molecular complexity index is 1120. The van der Waals surface area contributed by atoms with E-state index in [9.17, 15) is 14.7 Å². The zero-order valence-electron chi connectivity index (χ0n) is 17.6. The quantitative estimate of drug-likeness (QED) is 0.306. The van der Waals surface area contributed by atoms with Crippen LogP contribution in [0, 0.1) is 13.8 Å². The molecular formula is C24H24N2O5. The maximum atomic E-state index is 11.9. The molecule has 4 N–H and O–H groups in total. The third-order valence-electron chi connectivity index (χ3n) is 4.66. The van der Waals surface area contributed by atoms with Crippen LogP contribution in [0.2, 0.25) is 0 Å². The number of amides is 1. The number of esters is 1. The van der Waals surface area contributed by atoms with Crippen LogP contribution in [0.5, 0.6) is 17.2 Å². The van der Waals surface area contributed by atoms with Crippen LogP contribution in [-0.4, -0.2) is 24.1 Å². The van der Waals surface area contributed by atoms with E-state index in [1.807, 2.05) is 26.0 Å². The van der Waals surface area contributed by atoms with Crippen molar-refractivity contribution in [1.29, 1.82) is 0 Å². The minimum Gasteiger partial charge on any atom is -0.507 e. The van der Waals surface area contributed by atoms with Crippen molar-refractivity contribution in [2.75, 3.05) is 18.2 Å². The summed E-state index contributed by atoms with van der Waals surface area (Å²) >= 11 is 0. The van der Waals surface area contributed by atoms with Crippen molar-refractivity contribution in [2.24, 2.45) is 0 Å². The number of hydrogen-bond donors (Lipinski definition) is 3. The van der Waals surface area contributed by atoms with E-state index in [-0.39, 0.29) is 12.2 Å². The number of nitrogens with two attached hydrogens (primary N) is 1. The molecule has 7 nitrogen and oxygen atoms in total. The Morgan fingerprint density at radius 1 is 1.03 bits per heavy atom. The molecule has 0 saturated heterocycles. The van der Waals surface area contributed by atoms with Crippen molar-refractivity contribution in [3.63, 3.8) is 0 Å². The molecule has 0 fully saturated rings. The van der Waals surface area contributed by atoms with E-state index < -0.39 is 11.9 Å². The fourth-order valence-corrected chi connectivity index (χ4v) is 3.23. The second-order valence-electron chi connectivity index (χ2n) is 7.15. The molecule has 160 valence electrons. The molecular weight excluding hydrogens is 396 g/mol. The van der Waals surface area contributed by atoms with Crippen LogP contribution in [0.4, 0.5) is 11.4 Å². The third-order valence-corrected chi connectivity index (χ3v) is 4.66. The predicted molar refractivity (Wildman–Crippen MR) is 119 cm³/mol. The van der Waals surface area contributed by atoms with Gasteiger partial charge in [-0.3, -0.25) is 9.59 Å². The lowest BCUT2D eigenvalue weighted by Gasteiger charge is -2.15. The number of phenols is 1. The van der Waals surface area contributed by atoms with Crippen LogP contribution in [0.25, 0.3) is 11.1 Å². The van der Waals surface area contributed by atoms with Crippen LogP contribution in [0.1, 0.15) is 17.5 Å². The maximum absolute atomic E-state index is 11.9. The second kappa shape index (κ2) is 9.21. The van der Waals surface area contributed by atoms with Gasteiger partial charge < -0.3 is 25.6 Å². The first-order chi connectivity index (χ1) is 14.8. The molecule has 0 atom stereocenters. The highest BCUT2D eigenvalue weighted by atomic mass is 16.5. The average Bonchev–Trinajstić information content (AvgIpc) is 2.71. The number of benzene rings is 3. The Hall–Kier alpha value is -4.00. The summed E-state index contributed by atoms with van der Waals surface area (Å²) in [5, 5.41) is 13.0. The van der Waals surface area contributed by atoms with Gasteiger partial charge in [0, 0.05) is 16.9 Å². The second-order valence-corrected chi connectivity index (χ2v) is 7.15. The Morgan fingerprint density at radius 2 is 1.74 bits per heavy atom. The van der Waals surface area contributed by atoms with Crippen molar-refractivity contribution in [3.05, 3.63) is 65.7 Å². The molecule has 0 unspecified atom stereocenters. The van der Waals surface area contributed by atoms with Gasteiger partial charge in [0.15, 0.2) is 0 Å². The number of hydrogen-bond acceptors (Lipinski definition) is 6. The van der Waals surface area contributed by atoms with E-state index in [0.29, 0.717) is 28.4 Å². The van der Waals surface area contributed by atoms with Gasteiger partial charge in [0.2, 0.25) is 5.91 Å². The summed E-state index contributed by atoms with van der Waals surface area (Å²) in [5.74, 6) is 0.243. The number of phenolic OH excluding ortho intramolecular Hbond substituents is 1. The van der Waals surface area contributed by atoms with Crippen LogP contribution in [-0.2, 0) is 14.3 Å². The van der Waals surface area contributed by atoms with Gasteiger partial charge in [-0.2, -0.15) is 0 Å². The highest BCUT2D eigenvalue weighted by Gasteiger charge is 2.14. The molecule has 0 saturated carbocycles. The number of ether oxygens (including phenoxy) is 2. The number of rotatable bonds is 6. The number of aryl methyl sites for hydroxylation is 2. The first kappa shape index (κ1) is 21.7. The Morgan fingerprint density at radius 3 is 2.39 bits per heavy atom. The first-order valence-corrected chi connectivity index (χ1v) is 9.61. The molecule has 1 amide bonds. The predicted octanol–water partition coefficient (Wildman–Crippen LogP) is 4.55. The van der Waals surface area contributed by atoms with Gasteiger partial charge in [0.1, 0.15) is 23.7 Å². The van der Waals surface area contributed by atoms with Gasteiger partial charge in [-0.15, -0.1) is 0 Å². The van der Waals surface area contributed by atoms with Crippen molar-refractivity contribution in [1.82, 2.24) is 0 Å². The summed E-state index contributed by atoms with van der Waals surface area (Å²) in [5.41, 5.74) is 9.99. The van der Waals surface area contributed by atoms with Crippen molar-refractivity contribution < 1.29 is 24.2 Å². The van der Waals surface area contributed by atoms with Gasteiger partial charge >= 0.3 is 5.97 Å². The Labute approximate surface area is 180 Å². The van der Waals surface area contributed by atoms with E-state index in [1.165, 1.54) is 7.11 Å². The largest absolute Gasteiger partial charge is 0.507 e. The number of carbonyl (C=O) groups is 2. The Balaban J connectivity index is 1.84. The van der Waals surface area contributed by atoms with Crippen LogP contribution in [0.3, 0.4) is 0 Å². The molecule has 3 rings (SSSR count). The highest BCUT2D eigenvalue weighted by molar-refractivity contribution is 6.02. The van der Waals surface area contributed by atoms with Crippen LogP contribution < -0.4 is 15.8 Å². The first-order valence-electron chi connectivity index (χ1n) is 9.61. The number of anilines is 2. The number of carbonyl (C=O) groups excluding carboxylic acids is 2. The topological polar surface area (TPSA) is 111 Å². The molecule has 7 heteroatoms. The lowest BCUT2D eigenvalue weighted by molar-refractivity contribution is -0.142. The number of nitrogen functional groups attached to an aromatic ring is 1. The number of methoxy groups -OCH3 is 1. The molecule has 0 aromatic heterocycles. The summed E-state index contributed by atoms with van der Waals surface area (Å²) in [6.07, 6.45) is -0.354. The van der Waals surface area contributed by atoms with E-state index in [4.69, 9.17) is 10.5 Å². The molecule has 3 aromatic carbocycles. The third kappa shape index (κ3) is 5.33.